The SMILES string of the molecule is CNC(C)C(=O)NCc1cnc(C)s1. The fraction of sp³-hybridized carbons (Fsp3) is 0.556. The third-order valence-corrected chi connectivity index (χ3v) is 2.85. The molecule has 1 aromatic heterocycles. The highest BCUT2D eigenvalue weighted by Gasteiger charge is 2.09. The van der Waals surface area contributed by atoms with Crippen molar-refractivity contribution in [2.75, 3.05) is 7.05 Å². The number of nitrogens with zero attached hydrogens (tertiary/aromatic N) is 1. The minimum Gasteiger partial charge on any atom is -0.350 e. The summed E-state index contributed by atoms with van der Waals surface area (Å²) in [6.45, 7) is 4.34. The van der Waals surface area contributed by atoms with E-state index in [4.69, 9.17) is 0 Å². The van der Waals surface area contributed by atoms with Gasteiger partial charge in [0, 0.05) is 11.1 Å². The number of nitrogens with one attached hydrogen (secondary N) is 2. The van der Waals surface area contributed by atoms with Gasteiger partial charge in [-0.1, -0.05) is 0 Å². The molecule has 0 fully saturated rings. The van der Waals surface area contributed by atoms with E-state index in [1.54, 1.807) is 24.6 Å². The highest BCUT2D eigenvalue weighted by molar-refractivity contribution is 7.11. The van der Waals surface area contributed by atoms with Gasteiger partial charge >= 0.3 is 0 Å². The zero-order valence-corrected chi connectivity index (χ0v) is 9.44. The minimum absolute atomic E-state index is 0.0125. The molecule has 1 amide bonds. The van der Waals surface area contributed by atoms with Gasteiger partial charge in [0.2, 0.25) is 5.91 Å². The van der Waals surface area contributed by atoms with E-state index in [1.807, 2.05) is 13.8 Å². The van der Waals surface area contributed by atoms with Gasteiger partial charge in [0.05, 0.1) is 17.6 Å². The Labute approximate surface area is 87.7 Å². The molecule has 0 radical (unpaired) electrons. The summed E-state index contributed by atoms with van der Waals surface area (Å²) in [5.74, 6) is 0.0125. The number of carbonyl (C=O) groups is 1. The maximum atomic E-state index is 11.4. The predicted molar refractivity (Wildman–Crippen MR) is 57.2 cm³/mol. The van der Waals surface area contributed by atoms with Crippen molar-refractivity contribution in [1.82, 2.24) is 15.6 Å². The summed E-state index contributed by atoms with van der Waals surface area (Å²) in [5, 5.41) is 6.74. The van der Waals surface area contributed by atoms with Crippen LogP contribution >= 0.6 is 11.3 Å². The summed E-state index contributed by atoms with van der Waals surface area (Å²) in [4.78, 5) is 16.6. The molecule has 5 heteroatoms. The molecule has 1 heterocycles. The minimum atomic E-state index is -0.149. The van der Waals surface area contributed by atoms with Crippen molar-refractivity contribution in [1.29, 1.82) is 0 Å². The van der Waals surface area contributed by atoms with Crippen molar-refractivity contribution in [3.63, 3.8) is 0 Å². The van der Waals surface area contributed by atoms with Gasteiger partial charge in [0.25, 0.3) is 0 Å². The Balaban J connectivity index is 2.37. The van der Waals surface area contributed by atoms with Crippen molar-refractivity contribution < 1.29 is 4.79 Å². The summed E-state index contributed by atoms with van der Waals surface area (Å²) < 4.78 is 0. The van der Waals surface area contributed by atoms with Crippen LogP contribution in [0.25, 0.3) is 0 Å². The second-order valence-electron chi connectivity index (χ2n) is 3.07. The summed E-state index contributed by atoms with van der Waals surface area (Å²) in [7, 11) is 1.76. The van der Waals surface area contributed by atoms with Crippen LogP contribution in [-0.4, -0.2) is 24.0 Å². The van der Waals surface area contributed by atoms with Crippen LogP contribution in [0.2, 0.25) is 0 Å². The van der Waals surface area contributed by atoms with E-state index < -0.39 is 0 Å². The largest absolute Gasteiger partial charge is 0.350 e. The Hall–Kier alpha value is -0.940. The number of aromatic nitrogens is 1. The number of carbonyl (C=O) groups excluding carboxylic acids is 1. The van der Waals surface area contributed by atoms with Gasteiger partial charge < -0.3 is 10.6 Å². The van der Waals surface area contributed by atoms with Crippen LogP contribution in [0.5, 0.6) is 0 Å². The topological polar surface area (TPSA) is 54.0 Å². The second-order valence-corrected chi connectivity index (χ2v) is 4.39. The van der Waals surface area contributed by atoms with Gasteiger partial charge in [-0.25, -0.2) is 4.98 Å². The Morgan fingerprint density at radius 1 is 1.71 bits per heavy atom. The highest BCUT2D eigenvalue weighted by atomic mass is 32.1. The average Bonchev–Trinajstić information content (AvgIpc) is 2.59. The van der Waals surface area contributed by atoms with Crippen LogP contribution in [0.3, 0.4) is 0 Å². The number of hydrogen-bond donors (Lipinski definition) is 2. The molecule has 0 aliphatic heterocycles. The lowest BCUT2D eigenvalue weighted by molar-refractivity contribution is -0.122. The fourth-order valence-electron chi connectivity index (χ4n) is 0.945. The van der Waals surface area contributed by atoms with Crippen LogP contribution in [0.15, 0.2) is 6.20 Å². The molecule has 0 bridgehead atoms. The van der Waals surface area contributed by atoms with Crippen LogP contribution in [0.1, 0.15) is 16.8 Å². The first-order valence-corrected chi connectivity index (χ1v) is 5.31. The van der Waals surface area contributed by atoms with E-state index in [1.165, 1.54) is 0 Å². The van der Waals surface area contributed by atoms with Crippen molar-refractivity contribution in [2.24, 2.45) is 0 Å². The Bertz CT molecular complexity index is 311. The third-order valence-electron chi connectivity index (χ3n) is 1.93. The molecular weight excluding hydrogens is 198 g/mol. The number of rotatable bonds is 4. The molecule has 0 spiro atoms. The van der Waals surface area contributed by atoms with Crippen LogP contribution in [0.4, 0.5) is 0 Å². The Morgan fingerprint density at radius 2 is 2.43 bits per heavy atom. The van der Waals surface area contributed by atoms with Crippen LogP contribution in [0, 0.1) is 6.92 Å². The van der Waals surface area contributed by atoms with E-state index in [2.05, 4.69) is 15.6 Å². The molecule has 1 aromatic rings. The molecule has 0 aliphatic carbocycles. The fourth-order valence-corrected chi connectivity index (χ4v) is 1.68. The van der Waals surface area contributed by atoms with Crippen molar-refractivity contribution in [2.45, 2.75) is 26.4 Å². The molecule has 0 saturated heterocycles. The standard InChI is InChI=1S/C9H15N3OS/c1-6(10-3)9(13)12-5-8-4-11-7(2)14-8/h4,6,10H,5H2,1-3H3,(H,12,13). The first-order chi connectivity index (χ1) is 6.63. The molecule has 0 aliphatic rings. The lowest BCUT2D eigenvalue weighted by Gasteiger charge is -2.09. The van der Waals surface area contributed by atoms with E-state index in [0.717, 1.165) is 9.88 Å². The van der Waals surface area contributed by atoms with Gasteiger partial charge in [-0.05, 0) is 20.9 Å². The first kappa shape index (κ1) is 11.1. The monoisotopic (exact) mass is 213 g/mol. The van der Waals surface area contributed by atoms with Crippen molar-refractivity contribution in [3.8, 4) is 0 Å². The molecule has 1 rings (SSSR count). The molecule has 0 saturated carbocycles. The van der Waals surface area contributed by atoms with Gasteiger partial charge in [-0.15, -0.1) is 11.3 Å². The molecule has 0 aromatic carbocycles. The van der Waals surface area contributed by atoms with E-state index in [9.17, 15) is 4.79 Å². The summed E-state index contributed by atoms with van der Waals surface area (Å²) >= 11 is 1.60. The van der Waals surface area contributed by atoms with E-state index in [-0.39, 0.29) is 11.9 Å². The van der Waals surface area contributed by atoms with E-state index >= 15 is 0 Å². The zero-order chi connectivity index (χ0) is 10.6. The maximum absolute atomic E-state index is 11.4. The second kappa shape index (κ2) is 5.07. The first-order valence-electron chi connectivity index (χ1n) is 4.49. The van der Waals surface area contributed by atoms with Gasteiger partial charge in [-0.3, -0.25) is 4.79 Å². The number of likely N-dealkylation sites (N-methyl/N-ethyl adjacent to an activating group) is 1. The summed E-state index contributed by atoms with van der Waals surface area (Å²) in [6.07, 6.45) is 1.80. The predicted octanol–water partition coefficient (Wildman–Crippen LogP) is 0.676. The van der Waals surface area contributed by atoms with Crippen molar-refractivity contribution >= 4 is 17.2 Å². The maximum Gasteiger partial charge on any atom is 0.237 e. The lowest BCUT2D eigenvalue weighted by Crippen LogP contribution is -2.39. The Kier molecular flexibility index (Phi) is 4.03. The molecule has 2 N–H and O–H groups in total. The number of aryl methyl sites for hydroxylation is 1. The quantitative estimate of drug-likeness (QED) is 0.773. The molecule has 1 atom stereocenters. The van der Waals surface area contributed by atoms with Crippen LogP contribution < -0.4 is 10.6 Å². The number of thiazole rings is 1. The molecular formula is C9H15N3OS. The smallest absolute Gasteiger partial charge is 0.237 e. The average molecular weight is 213 g/mol. The van der Waals surface area contributed by atoms with Crippen LogP contribution in [-0.2, 0) is 11.3 Å². The van der Waals surface area contributed by atoms with Gasteiger partial charge in [0.15, 0.2) is 0 Å². The Morgan fingerprint density at radius 3 is 2.93 bits per heavy atom. The normalized spacial score (nSPS) is 12.5. The molecule has 1 unspecified atom stereocenters. The number of hydrogen-bond acceptors (Lipinski definition) is 4. The highest BCUT2D eigenvalue weighted by Crippen LogP contribution is 2.10. The summed E-state index contributed by atoms with van der Waals surface area (Å²) in [6, 6.07) is -0.149. The third kappa shape index (κ3) is 3.08. The zero-order valence-electron chi connectivity index (χ0n) is 8.63. The van der Waals surface area contributed by atoms with Gasteiger partial charge in [0.1, 0.15) is 0 Å². The molecule has 14 heavy (non-hydrogen) atoms. The number of amides is 1. The van der Waals surface area contributed by atoms with E-state index in [0.29, 0.717) is 6.54 Å². The van der Waals surface area contributed by atoms with Crippen molar-refractivity contribution in [3.05, 3.63) is 16.1 Å². The molecule has 4 nitrogen and oxygen atoms in total. The lowest BCUT2D eigenvalue weighted by atomic mass is 10.3. The summed E-state index contributed by atoms with van der Waals surface area (Å²) in [5.41, 5.74) is 0. The molecule has 78 valence electrons. The van der Waals surface area contributed by atoms with Gasteiger partial charge in [-0.2, -0.15) is 0 Å².